The number of carbonyl (C=O) groups is 2. The van der Waals surface area contributed by atoms with Gasteiger partial charge < -0.3 is 15.4 Å². The van der Waals surface area contributed by atoms with Crippen LogP contribution in [0, 0.1) is 6.92 Å². The van der Waals surface area contributed by atoms with Gasteiger partial charge in [0.05, 0.1) is 33.6 Å². The summed E-state index contributed by atoms with van der Waals surface area (Å²) < 4.78 is 6.59. The van der Waals surface area contributed by atoms with E-state index in [1.165, 1.54) is 23.9 Å². The summed E-state index contributed by atoms with van der Waals surface area (Å²) in [6.45, 7) is 1.67. The van der Waals surface area contributed by atoms with Gasteiger partial charge in [0, 0.05) is 7.05 Å². The maximum Gasteiger partial charge on any atom is 0.314 e. The van der Waals surface area contributed by atoms with Crippen molar-refractivity contribution in [1.29, 1.82) is 0 Å². The van der Waals surface area contributed by atoms with Crippen LogP contribution in [0.25, 0.3) is 0 Å². The number of aromatic nitrogens is 2. The van der Waals surface area contributed by atoms with Crippen LogP contribution in [0.2, 0.25) is 15.1 Å². The first kappa shape index (κ1) is 18.4. The molecular weight excluding hydrogens is 379 g/mol. The minimum absolute atomic E-state index is 0.153. The van der Waals surface area contributed by atoms with Gasteiger partial charge in [-0.2, -0.15) is 5.10 Å². The summed E-state index contributed by atoms with van der Waals surface area (Å²) in [5.41, 5.74) is 0.976. The lowest BCUT2D eigenvalue weighted by molar-refractivity contribution is -0.133. The summed E-state index contributed by atoms with van der Waals surface area (Å²) in [5.74, 6) is -1.52. The molecule has 128 valence electrons. The Labute approximate surface area is 152 Å². The van der Waals surface area contributed by atoms with Crippen LogP contribution in [0.4, 0.5) is 11.4 Å². The number of nitrogens with zero attached hydrogens (tertiary/aromatic N) is 2. The molecule has 0 saturated carbocycles. The number of hydrogen-bond donors (Lipinski definition) is 2. The Morgan fingerprint density at radius 3 is 2.29 bits per heavy atom. The van der Waals surface area contributed by atoms with Crippen molar-refractivity contribution in [1.82, 2.24) is 9.78 Å². The average Bonchev–Trinajstić information content (AvgIpc) is 2.78. The molecule has 1 heterocycles. The average molecular weight is 392 g/mol. The number of methoxy groups -OCH3 is 1. The van der Waals surface area contributed by atoms with E-state index in [0.717, 1.165) is 0 Å². The minimum atomic E-state index is -0.930. The lowest BCUT2D eigenvalue weighted by Gasteiger charge is -2.10. The predicted molar refractivity (Wildman–Crippen MR) is 93.2 cm³/mol. The van der Waals surface area contributed by atoms with Gasteiger partial charge >= 0.3 is 11.8 Å². The lowest BCUT2D eigenvalue weighted by Crippen LogP contribution is -2.29. The van der Waals surface area contributed by atoms with E-state index >= 15 is 0 Å². The molecule has 1 aromatic heterocycles. The minimum Gasteiger partial charge on any atom is -0.480 e. The first-order valence-electron chi connectivity index (χ1n) is 6.59. The van der Waals surface area contributed by atoms with Crippen LogP contribution in [0.5, 0.6) is 5.88 Å². The van der Waals surface area contributed by atoms with Gasteiger partial charge in [-0.15, -0.1) is 0 Å². The van der Waals surface area contributed by atoms with Gasteiger partial charge in [-0.05, 0) is 19.1 Å². The van der Waals surface area contributed by atoms with E-state index in [4.69, 9.17) is 39.5 Å². The van der Waals surface area contributed by atoms with Crippen molar-refractivity contribution < 1.29 is 14.3 Å². The van der Waals surface area contributed by atoms with Crippen molar-refractivity contribution in [3.05, 3.63) is 32.9 Å². The summed E-state index contributed by atoms with van der Waals surface area (Å²) in [6.07, 6.45) is 0. The number of nitrogens with one attached hydrogen (secondary N) is 2. The predicted octanol–water partition coefficient (Wildman–Crippen LogP) is 3.27. The number of hydrogen-bond acceptors (Lipinski definition) is 4. The summed E-state index contributed by atoms with van der Waals surface area (Å²) in [4.78, 5) is 24.1. The fourth-order valence-corrected chi connectivity index (χ4v) is 2.58. The number of benzene rings is 1. The first-order chi connectivity index (χ1) is 11.2. The molecule has 24 heavy (non-hydrogen) atoms. The Kier molecular flexibility index (Phi) is 5.58. The number of halogens is 3. The van der Waals surface area contributed by atoms with E-state index in [1.807, 2.05) is 0 Å². The molecule has 0 unspecified atom stereocenters. The molecule has 10 heteroatoms. The monoisotopic (exact) mass is 390 g/mol. The molecular formula is C14H13Cl3N4O3. The molecule has 2 amide bonds. The number of aryl methyl sites for hydroxylation is 2. The molecule has 0 spiro atoms. The fraction of sp³-hybridized carbons (Fsp3) is 0.214. The number of amides is 2. The van der Waals surface area contributed by atoms with E-state index in [1.54, 1.807) is 14.0 Å². The third-order valence-corrected chi connectivity index (χ3v) is 4.10. The highest BCUT2D eigenvalue weighted by molar-refractivity contribution is 6.46. The molecule has 0 radical (unpaired) electrons. The maximum absolute atomic E-state index is 12.1. The second-order valence-electron chi connectivity index (χ2n) is 4.75. The summed E-state index contributed by atoms with van der Waals surface area (Å²) in [6, 6.07) is 2.72. The maximum atomic E-state index is 12.1. The van der Waals surface area contributed by atoms with Gasteiger partial charge in [0.25, 0.3) is 0 Å². The van der Waals surface area contributed by atoms with Crippen LogP contribution in [0.15, 0.2) is 12.1 Å². The summed E-state index contributed by atoms with van der Waals surface area (Å²) >= 11 is 17.6. The van der Waals surface area contributed by atoms with E-state index in [0.29, 0.717) is 17.3 Å². The second kappa shape index (κ2) is 7.29. The van der Waals surface area contributed by atoms with E-state index in [-0.39, 0.29) is 20.8 Å². The van der Waals surface area contributed by atoms with Gasteiger partial charge in [-0.3, -0.25) is 9.59 Å². The third kappa shape index (κ3) is 3.75. The van der Waals surface area contributed by atoms with Crippen molar-refractivity contribution in [2.75, 3.05) is 17.7 Å². The van der Waals surface area contributed by atoms with Gasteiger partial charge in [0.2, 0.25) is 5.88 Å². The largest absolute Gasteiger partial charge is 0.480 e. The van der Waals surface area contributed by atoms with Crippen molar-refractivity contribution in [3.63, 3.8) is 0 Å². The van der Waals surface area contributed by atoms with Gasteiger partial charge in [0.15, 0.2) is 0 Å². The SMILES string of the molecule is COc1c(NC(=O)C(=O)Nc2cc(Cl)c(Cl)cc2Cl)c(C)nn1C. The highest BCUT2D eigenvalue weighted by atomic mass is 35.5. The molecule has 0 atom stereocenters. The third-order valence-electron chi connectivity index (χ3n) is 3.07. The Balaban J connectivity index is 2.17. The highest BCUT2D eigenvalue weighted by Crippen LogP contribution is 2.32. The number of anilines is 2. The number of carbonyl (C=O) groups excluding carboxylic acids is 2. The van der Waals surface area contributed by atoms with Crippen molar-refractivity contribution in [2.24, 2.45) is 7.05 Å². The van der Waals surface area contributed by atoms with E-state index in [9.17, 15) is 9.59 Å². The number of rotatable bonds is 3. The zero-order valence-electron chi connectivity index (χ0n) is 12.9. The highest BCUT2D eigenvalue weighted by Gasteiger charge is 2.21. The van der Waals surface area contributed by atoms with Crippen molar-refractivity contribution in [3.8, 4) is 5.88 Å². The van der Waals surface area contributed by atoms with Crippen LogP contribution in [-0.2, 0) is 16.6 Å². The Morgan fingerprint density at radius 2 is 1.67 bits per heavy atom. The molecule has 0 bridgehead atoms. The van der Waals surface area contributed by atoms with Crippen LogP contribution in [-0.4, -0.2) is 28.7 Å². The molecule has 2 N–H and O–H groups in total. The van der Waals surface area contributed by atoms with E-state index < -0.39 is 11.8 Å². The summed E-state index contributed by atoms with van der Waals surface area (Å²) in [7, 11) is 3.08. The normalized spacial score (nSPS) is 10.4. The van der Waals surface area contributed by atoms with Crippen LogP contribution >= 0.6 is 34.8 Å². The molecule has 7 nitrogen and oxygen atoms in total. The summed E-state index contributed by atoms with van der Waals surface area (Å²) in [5, 5.41) is 9.51. The molecule has 0 saturated heterocycles. The molecule has 0 aliphatic carbocycles. The van der Waals surface area contributed by atoms with Crippen molar-refractivity contribution in [2.45, 2.75) is 6.92 Å². The van der Waals surface area contributed by atoms with E-state index in [2.05, 4.69) is 15.7 Å². The fourth-order valence-electron chi connectivity index (χ4n) is 1.98. The van der Waals surface area contributed by atoms with Gasteiger partial charge in [0.1, 0.15) is 5.69 Å². The molecule has 0 aliphatic heterocycles. The van der Waals surface area contributed by atoms with Crippen LogP contribution in [0.3, 0.4) is 0 Å². The van der Waals surface area contributed by atoms with Crippen LogP contribution < -0.4 is 15.4 Å². The Hall–Kier alpha value is -1.96. The lowest BCUT2D eigenvalue weighted by atomic mass is 10.3. The Morgan fingerprint density at radius 1 is 1.08 bits per heavy atom. The standard InChI is InChI=1S/C14H13Cl3N4O3/c1-6-11(14(24-3)21(2)20-6)19-13(23)12(22)18-10-5-8(16)7(15)4-9(10)17/h4-5H,1-3H3,(H,18,22)(H,19,23). The first-order valence-corrected chi connectivity index (χ1v) is 7.72. The Bertz CT molecular complexity index is 820. The van der Waals surface area contributed by atoms with Crippen LogP contribution in [0.1, 0.15) is 5.69 Å². The molecule has 0 aliphatic rings. The quantitative estimate of drug-likeness (QED) is 0.621. The number of ether oxygens (including phenoxy) is 1. The smallest absolute Gasteiger partial charge is 0.314 e. The topological polar surface area (TPSA) is 85.2 Å². The molecule has 1 aromatic carbocycles. The zero-order valence-corrected chi connectivity index (χ0v) is 15.2. The molecule has 0 fully saturated rings. The van der Waals surface area contributed by atoms with Gasteiger partial charge in [-0.1, -0.05) is 34.8 Å². The second-order valence-corrected chi connectivity index (χ2v) is 5.97. The zero-order chi connectivity index (χ0) is 18.0. The van der Waals surface area contributed by atoms with Crippen molar-refractivity contribution >= 4 is 58.0 Å². The molecule has 2 aromatic rings. The van der Waals surface area contributed by atoms with Gasteiger partial charge in [-0.25, -0.2) is 4.68 Å². The molecule has 2 rings (SSSR count).